The van der Waals surface area contributed by atoms with E-state index in [9.17, 15) is 0 Å². The molecule has 0 spiro atoms. The van der Waals surface area contributed by atoms with Crippen LogP contribution in [0.4, 0.5) is 0 Å². The van der Waals surface area contributed by atoms with Gasteiger partial charge in [-0.1, -0.05) is 26.3 Å². The van der Waals surface area contributed by atoms with Crippen molar-refractivity contribution in [3.05, 3.63) is 23.8 Å². The third-order valence-corrected chi connectivity index (χ3v) is 2.86. The van der Waals surface area contributed by atoms with Crippen molar-refractivity contribution in [3.63, 3.8) is 0 Å². The van der Waals surface area contributed by atoms with Crippen molar-refractivity contribution >= 4 is 0 Å². The smallest absolute Gasteiger partial charge is 0.161 e. The van der Waals surface area contributed by atoms with E-state index in [1.54, 1.807) is 0 Å². The van der Waals surface area contributed by atoms with Crippen molar-refractivity contribution in [2.45, 2.75) is 32.6 Å². The van der Waals surface area contributed by atoms with Crippen LogP contribution in [-0.4, -0.2) is 13.2 Å². The van der Waals surface area contributed by atoms with Crippen molar-refractivity contribution in [2.24, 2.45) is 0 Å². The largest absolute Gasteiger partial charge is 0.486 e. The minimum atomic E-state index is 0.603. The summed E-state index contributed by atoms with van der Waals surface area (Å²) in [7, 11) is 0. The predicted octanol–water partition coefficient (Wildman–Crippen LogP) is 3.36. The zero-order valence-corrected chi connectivity index (χ0v) is 9.45. The van der Waals surface area contributed by atoms with Gasteiger partial charge in [-0.2, -0.15) is 0 Å². The third kappa shape index (κ3) is 2.25. The number of hydrogen-bond donors (Lipinski definition) is 0. The highest BCUT2D eigenvalue weighted by Gasteiger charge is 2.13. The van der Waals surface area contributed by atoms with E-state index in [0.29, 0.717) is 19.1 Å². The molecule has 0 amide bonds. The molecule has 1 aliphatic rings. The summed E-state index contributed by atoms with van der Waals surface area (Å²) in [6.45, 7) is 5.80. The molecule has 0 aromatic heterocycles. The summed E-state index contributed by atoms with van der Waals surface area (Å²) in [5.74, 6) is 2.39. The van der Waals surface area contributed by atoms with Gasteiger partial charge in [0.25, 0.3) is 0 Å². The van der Waals surface area contributed by atoms with Gasteiger partial charge in [-0.05, 0) is 30.0 Å². The summed E-state index contributed by atoms with van der Waals surface area (Å²) in [6, 6.07) is 6.29. The lowest BCUT2D eigenvalue weighted by molar-refractivity contribution is 0.171. The van der Waals surface area contributed by atoms with E-state index in [2.05, 4.69) is 26.0 Å². The Morgan fingerprint density at radius 3 is 2.67 bits per heavy atom. The molecule has 1 aliphatic heterocycles. The van der Waals surface area contributed by atoms with E-state index in [4.69, 9.17) is 9.47 Å². The zero-order valence-electron chi connectivity index (χ0n) is 9.45. The number of fused-ring (bicyclic) bond motifs is 1. The summed E-state index contributed by atoms with van der Waals surface area (Å²) in [5.41, 5.74) is 1.35. The van der Waals surface area contributed by atoms with Gasteiger partial charge in [0.2, 0.25) is 0 Å². The van der Waals surface area contributed by atoms with Gasteiger partial charge in [0.1, 0.15) is 13.2 Å². The fourth-order valence-electron chi connectivity index (χ4n) is 1.97. The molecule has 1 aromatic carbocycles. The molecule has 1 unspecified atom stereocenters. The van der Waals surface area contributed by atoms with Crippen LogP contribution in [0.5, 0.6) is 11.5 Å². The molecular formula is C13H18O2. The van der Waals surface area contributed by atoms with Gasteiger partial charge in [0, 0.05) is 0 Å². The summed E-state index contributed by atoms with van der Waals surface area (Å²) < 4.78 is 11.1. The average molecular weight is 206 g/mol. The lowest BCUT2D eigenvalue weighted by Gasteiger charge is -2.20. The van der Waals surface area contributed by atoms with Crippen molar-refractivity contribution in [1.82, 2.24) is 0 Å². The van der Waals surface area contributed by atoms with Crippen molar-refractivity contribution in [2.75, 3.05) is 13.2 Å². The first kappa shape index (κ1) is 10.3. The van der Waals surface area contributed by atoms with E-state index in [-0.39, 0.29) is 0 Å². The number of benzene rings is 1. The van der Waals surface area contributed by atoms with Crippen LogP contribution < -0.4 is 9.47 Å². The van der Waals surface area contributed by atoms with Crippen LogP contribution in [0.25, 0.3) is 0 Å². The van der Waals surface area contributed by atoms with Crippen LogP contribution >= 0.6 is 0 Å². The van der Waals surface area contributed by atoms with Gasteiger partial charge >= 0.3 is 0 Å². The molecular weight excluding hydrogens is 188 g/mol. The fraction of sp³-hybridized carbons (Fsp3) is 0.538. The lowest BCUT2D eigenvalue weighted by Crippen LogP contribution is -2.15. The maximum Gasteiger partial charge on any atom is 0.161 e. The van der Waals surface area contributed by atoms with Crippen LogP contribution in [0.3, 0.4) is 0 Å². The molecule has 0 aliphatic carbocycles. The van der Waals surface area contributed by atoms with Crippen molar-refractivity contribution in [1.29, 1.82) is 0 Å². The van der Waals surface area contributed by atoms with E-state index in [0.717, 1.165) is 11.5 Å². The molecule has 1 aromatic rings. The van der Waals surface area contributed by atoms with Crippen molar-refractivity contribution < 1.29 is 9.47 Å². The molecule has 2 nitrogen and oxygen atoms in total. The Hall–Kier alpha value is -1.18. The van der Waals surface area contributed by atoms with Gasteiger partial charge in [-0.15, -0.1) is 0 Å². The first-order valence-corrected chi connectivity index (χ1v) is 5.71. The van der Waals surface area contributed by atoms with Crippen LogP contribution in [0.2, 0.25) is 0 Å². The Kier molecular flexibility index (Phi) is 3.14. The fourth-order valence-corrected chi connectivity index (χ4v) is 1.97. The monoisotopic (exact) mass is 206 g/mol. The molecule has 15 heavy (non-hydrogen) atoms. The van der Waals surface area contributed by atoms with Crippen LogP contribution in [0, 0.1) is 0 Å². The second-order valence-electron chi connectivity index (χ2n) is 4.09. The zero-order chi connectivity index (χ0) is 10.7. The number of rotatable bonds is 3. The highest BCUT2D eigenvalue weighted by atomic mass is 16.6. The summed E-state index contributed by atoms with van der Waals surface area (Å²) >= 11 is 0. The van der Waals surface area contributed by atoms with Crippen LogP contribution in [0.15, 0.2) is 18.2 Å². The highest BCUT2D eigenvalue weighted by molar-refractivity contribution is 5.44. The minimum Gasteiger partial charge on any atom is -0.486 e. The summed E-state index contributed by atoms with van der Waals surface area (Å²) in [5, 5.41) is 0. The van der Waals surface area contributed by atoms with E-state index < -0.39 is 0 Å². The van der Waals surface area contributed by atoms with E-state index in [1.807, 2.05) is 6.07 Å². The molecule has 2 heteroatoms. The number of ether oxygens (including phenoxy) is 2. The Balaban J connectivity index is 2.20. The maximum absolute atomic E-state index is 5.57. The molecule has 0 saturated heterocycles. The number of hydrogen-bond acceptors (Lipinski definition) is 2. The quantitative estimate of drug-likeness (QED) is 0.755. The summed E-state index contributed by atoms with van der Waals surface area (Å²) in [6.07, 6.45) is 2.44. The first-order chi connectivity index (χ1) is 7.31. The Bertz CT molecular complexity index is 333. The second-order valence-corrected chi connectivity index (χ2v) is 4.09. The normalized spacial score (nSPS) is 16.1. The molecule has 0 radical (unpaired) electrons. The Morgan fingerprint density at radius 2 is 1.93 bits per heavy atom. The standard InChI is InChI=1S/C13H18O2/c1-3-4-10(2)11-5-6-12-13(9-11)15-8-7-14-12/h5-6,9-10H,3-4,7-8H2,1-2H3. The molecule has 0 saturated carbocycles. The lowest BCUT2D eigenvalue weighted by atomic mass is 9.96. The molecule has 0 fully saturated rings. The van der Waals surface area contributed by atoms with Gasteiger partial charge in [0.05, 0.1) is 0 Å². The highest BCUT2D eigenvalue weighted by Crippen LogP contribution is 2.33. The summed E-state index contributed by atoms with van der Waals surface area (Å²) in [4.78, 5) is 0. The molecule has 82 valence electrons. The Labute approximate surface area is 91.2 Å². The van der Waals surface area contributed by atoms with Gasteiger partial charge < -0.3 is 9.47 Å². The predicted molar refractivity (Wildman–Crippen MR) is 60.8 cm³/mol. The van der Waals surface area contributed by atoms with Crippen molar-refractivity contribution in [3.8, 4) is 11.5 Å². The third-order valence-electron chi connectivity index (χ3n) is 2.86. The van der Waals surface area contributed by atoms with E-state index in [1.165, 1.54) is 18.4 Å². The SMILES string of the molecule is CCCC(C)c1ccc2c(c1)OCCO2. The van der Waals surface area contributed by atoms with E-state index >= 15 is 0 Å². The maximum atomic E-state index is 5.57. The topological polar surface area (TPSA) is 18.5 Å². The minimum absolute atomic E-state index is 0.603. The Morgan fingerprint density at radius 1 is 1.20 bits per heavy atom. The molecule has 1 heterocycles. The molecule has 2 rings (SSSR count). The molecule has 0 bridgehead atoms. The first-order valence-electron chi connectivity index (χ1n) is 5.71. The second kappa shape index (κ2) is 4.56. The molecule has 1 atom stereocenters. The van der Waals surface area contributed by atoms with Crippen LogP contribution in [0.1, 0.15) is 38.2 Å². The van der Waals surface area contributed by atoms with Gasteiger partial charge in [0.15, 0.2) is 11.5 Å². The van der Waals surface area contributed by atoms with Gasteiger partial charge in [-0.25, -0.2) is 0 Å². The molecule has 0 N–H and O–H groups in total. The van der Waals surface area contributed by atoms with Gasteiger partial charge in [-0.3, -0.25) is 0 Å². The van der Waals surface area contributed by atoms with Crippen LogP contribution in [-0.2, 0) is 0 Å². The average Bonchev–Trinajstić information content (AvgIpc) is 2.29.